The molecule has 0 spiro atoms. The Morgan fingerprint density at radius 2 is 2.26 bits per heavy atom. The van der Waals surface area contributed by atoms with E-state index in [4.69, 9.17) is 9.15 Å². The standard InChI is InChI=1S/C18H26N2O3/c21-18(19-9-16-2-1-7-22-16)15-8-14-11-20(10-13-3-4-13)6-5-17(14)23-12-15/h1-2,7,13-15,17H,3-6,8-12H2,(H,19,21)/t14-,15-,17+/m0/s1. The molecule has 5 heteroatoms. The lowest BCUT2D eigenvalue weighted by Crippen LogP contribution is -2.50. The van der Waals surface area contributed by atoms with Gasteiger partial charge in [-0.25, -0.2) is 0 Å². The maximum absolute atomic E-state index is 12.4. The van der Waals surface area contributed by atoms with Crippen molar-refractivity contribution >= 4 is 5.91 Å². The third-order valence-electron chi connectivity index (χ3n) is 5.45. The monoisotopic (exact) mass is 318 g/mol. The van der Waals surface area contributed by atoms with Crippen molar-refractivity contribution in [1.29, 1.82) is 0 Å². The number of likely N-dealkylation sites (tertiary alicyclic amines) is 1. The van der Waals surface area contributed by atoms with E-state index in [0.717, 1.165) is 37.6 Å². The average Bonchev–Trinajstić information content (AvgIpc) is 3.23. The van der Waals surface area contributed by atoms with Gasteiger partial charge in [0, 0.05) is 19.6 Å². The van der Waals surface area contributed by atoms with Gasteiger partial charge in [0.1, 0.15) is 5.76 Å². The molecule has 0 radical (unpaired) electrons. The summed E-state index contributed by atoms with van der Waals surface area (Å²) < 4.78 is 11.3. The number of nitrogens with one attached hydrogen (secondary N) is 1. The molecule has 3 atom stereocenters. The summed E-state index contributed by atoms with van der Waals surface area (Å²) in [5.41, 5.74) is 0. The van der Waals surface area contributed by atoms with E-state index in [1.165, 1.54) is 19.4 Å². The normalized spacial score (nSPS) is 31.6. The number of amides is 1. The number of rotatable bonds is 5. The Hall–Kier alpha value is -1.33. The first-order chi connectivity index (χ1) is 11.3. The number of carbonyl (C=O) groups excluding carboxylic acids is 1. The molecule has 1 aliphatic carbocycles. The van der Waals surface area contributed by atoms with Crippen LogP contribution >= 0.6 is 0 Å². The van der Waals surface area contributed by atoms with E-state index in [2.05, 4.69) is 10.2 Å². The van der Waals surface area contributed by atoms with E-state index >= 15 is 0 Å². The number of furan rings is 1. The van der Waals surface area contributed by atoms with Crippen LogP contribution in [0.2, 0.25) is 0 Å². The number of piperidine rings is 1. The smallest absolute Gasteiger partial charge is 0.225 e. The van der Waals surface area contributed by atoms with Crippen molar-refractivity contribution in [3.05, 3.63) is 24.2 Å². The second-order valence-corrected chi connectivity index (χ2v) is 7.35. The van der Waals surface area contributed by atoms with Crippen LogP contribution < -0.4 is 5.32 Å². The number of nitrogens with zero attached hydrogens (tertiary/aromatic N) is 1. The van der Waals surface area contributed by atoms with Crippen molar-refractivity contribution in [3.63, 3.8) is 0 Å². The predicted octanol–water partition coefficient (Wildman–Crippen LogP) is 2.03. The van der Waals surface area contributed by atoms with E-state index in [0.29, 0.717) is 25.2 Å². The zero-order valence-corrected chi connectivity index (χ0v) is 13.6. The Kier molecular flexibility index (Phi) is 4.40. The summed E-state index contributed by atoms with van der Waals surface area (Å²) in [5, 5.41) is 2.98. The van der Waals surface area contributed by atoms with Crippen LogP contribution in [0.5, 0.6) is 0 Å². The summed E-state index contributed by atoms with van der Waals surface area (Å²) in [7, 11) is 0. The maximum Gasteiger partial charge on any atom is 0.225 e. The highest BCUT2D eigenvalue weighted by molar-refractivity contribution is 5.78. The second kappa shape index (κ2) is 6.65. The van der Waals surface area contributed by atoms with E-state index in [1.54, 1.807) is 6.26 Å². The van der Waals surface area contributed by atoms with Gasteiger partial charge in [-0.15, -0.1) is 0 Å². The minimum Gasteiger partial charge on any atom is -0.467 e. The van der Waals surface area contributed by atoms with Crippen LogP contribution in [0.4, 0.5) is 0 Å². The van der Waals surface area contributed by atoms with Gasteiger partial charge in [0.25, 0.3) is 0 Å². The van der Waals surface area contributed by atoms with E-state index in [1.807, 2.05) is 12.1 Å². The Labute approximate surface area is 137 Å². The largest absolute Gasteiger partial charge is 0.467 e. The van der Waals surface area contributed by atoms with Crippen molar-refractivity contribution in [2.45, 2.75) is 38.3 Å². The molecule has 1 aromatic heterocycles. The molecule has 0 aromatic carbocycles. The second-order valence-electron chi connectivity index (χ2n) is 7.35. The average molecular weight is 318 g/mol. The highest BCUT2D eigenvalue weighted by Gasteiger charge is 2.39. The van der Waals surface area contributed by atoms with Gasteiger partial charge in [-0.3, -0.25) is 4.79 Å². The quantitative estimate of drug-likeness (QED) is 0.902. The van der Waals surface area contributed by atoms with Gasteiger partial charge in [-0.2, -0.15) is 0 Å². The summed E-state index contributed by atoms with van der Waals surface area (Å²) in [6, 6.07) is 3.72. The molecule has 1 saturated carbocycles. The fourth-order valence-electron chi connectivity index (χ4n) is 3.95. The highest BCUT2D eigenvalue weighted by Crippen LogP contribution is 2.35. The molecule has 1 amide bonds. The van der Waals surface area contributed by atoms with Crippen LogP contribution in [0.25, 0.3) is 0 Å². The minimum absolute atomic E-state index is 0.0212. The molecule has 3 aliphatic rings. The van der Waals surface area contributed by atoms with Gasteiger partial charge in [0.2, 0.25) is 5.91 Å². The zero-order valence-electron chi connectivity index (χ0n) is 13.6. The van der Waals surface area contributed by atoms with E-state index < -0.39 is 0 Å². The molecule has 5 nitrogen and oxygen atoms in total. The van der Waals surface area contributed by atoms with Gasteiger partial charge >= 0.3 is 0 Å². The molecule has 126 valence electrons. The van der Waals surface area contributed by atoms with Crippen LogP contribution in [-0.2, 0) is 16.1 Å². The lowest BCUT2D eigenvalue weighted by atomic mass is 9.83. The molecule has 3 heterocycles. The predicted molar refractivity (Wildman–Crippen MR) is 85.7 cm³/mol. The molecule has 0 bridgehead atoms. The summed E-state index contributed by atoms with van der Waals surface area (Å²) in [6.07, 6.45) is 6.87. The summed E-state index contributed by atoms with van der Waals surface area (Å²) in [4.78, 5) is 15.0. The Morgan fingerprint density at radius 3 is 3.04 bits per heavy atom. The lowest BCUT2D eigenvalue weighted by molar-refractivity contribution is -0.139. The van der Waals surface area contributed by atoms with Crippen LogP contribution in [0, 0.1) is 17.8 Å². The summed E-state index contributed by atoms with van der Waals surface area (Å²) in [5.74, 6) is 2.31. The van der Waals surface area contributed by atoms with Gasteiger partial charge < -0.3 is 19.4 Å². The van der Waals surface area contributed by atoms with Gasteiger partial charge in [0.05, 0.1) is 31.4 Å². The van der Waals surface area contributed by atoms with E-state index in [9.17, 15) is 4.79 Å². The third kappa shape index (κ3) is 3.78. The molecule has 4 rings (SSSR count). The lowest BCUT2D eigenvalue weighted by Gasteiger charge is -2.43. The third-order valence-corrected chi connectivity index (χ3v) is 5.45. The zero-order chi connectivity index (χ0) is 15.6. The fraction of sp³-hybridized carbons (Fsp3) is 0.722. The van der Waals surface area contributed by atoms with Crippen LogP contribution in [-0.4, -0.2) is 43.2 Å². The SMILES string of the molecule is O=C(NCc1ccco1)[C@@H]1CO[C@@H]2CCN(CC3CC3)C[C@@H]2C1. The van der Waals surface area contributed by atoms with Crippen molar-refractivity contribution in [2.75, 3.05) is 26.2 Å². The Bertz CT molecular complexity index is 526. The molecular weight excluding hydrogens is 292 g/mol. The molecule has 2 aliphatic heterocycles. The molecular formula is C18H26N2O3. The minimum atomic E-state index is -0.0212. The molecule has 2 saturated heterocycles. The molecule has 0 unspecified atom stereocenters. The van der Waals surface area contributed by atoms with Crippen molar-refractivity contribution in [3.8, 4) is 0 Å². The van der Waals surface area contributed by atoms with Crippen LogP contribution in [0.1, 0.15) is 31.4 Å². The van der Waals surface area contributed by atoms with Crippen molar-refractivity contribution in [2.24, 2.45) is 17.8 Å². The first kappa shape index (κ1) is 15.2. The molecule has 1 aromatic rings. The maximum atomic E-state index is 12.4. The highest BCUT2D eigenvalue weighted by atomic mass is 16.5. The number of hydrogen-bond acceptors (Lipinski definition) is 4. The summed E-state index contributed by atoms with van der Waals surface area (Å²) in [6.45, 7) is 4.53. The Morgan fingerprint density at radius 1 is 1.35 bits per heavy atom. The summed E-state index contributed by atoms with van der Waals surface area (Å²) >= 11 is 0. The number of hydrogen-bond donors (Lipinski definition) is 1. The van der Waals surface area contributed by atoms with Crippen molar-refractivity contribution < 1.29 is 13.9 Å². The molecule has 23 heavy (non-hydrogen) atoms. The topological polar surface area (TPSA) is 54.7 Å². The van der Waals surface area contributed by atoms with E-state index in [-0.39, 0.29) is 11.8 Å². The molecule has 1 N–H and O–H groups in total. The fourth-order valence-corrected chi connectivity index (χ4v) is 3.95. The number of ether oxygens (including phenoxy) is 1. The van der Waals surface area contributed by atoms with Gasteiger partial charge in [-0.05, 0) is 49.7 Å². The van der Waals surface area contributed by atoms with Crippen molar-refractivity contribution in [1.82, 2.24) is 10.2 Å². The first-order valence-electron chi connectivity index (χ1n) is 8.92. The number of fused-ring (bicyclic) bond motifs is 1. The van der Waals surface area contributed by atoms with Gasteiger partial charge in [0.15, 0.2) is 0 Å². The molecule has 3 fully saturated rings. The number of carbonyl (C=O) groups is 1. The van der Waals surface area contributed by atoms with Crippen LogP contribution in [0.3, 0.4) is 0 Å². The first-order valence-corrected chi connectivity index (χ1v) is 8.92. The van der Waals surface area contributed by atoms with Gasteiger partial charge in [-0.1, -0.05) is 0 Å². The van der Waals surface area contributed by atoms with Crippen LogP contribution in [0.15, 0.2) is 22.8 Å². The Balaban J connectivity index is 1.28.